The van der Waals surface area contributed by atoms with E-state index in [-0.39, 0.29) is 35.4 Å². The fourth-order valence-corrected chi connectivity index (χ4v) is 5.97. The highest BCUT2D eigenvalue weighted by atomic mass is 32.2. The molecule has 210 valence electrons. The molecule has 2 atom stereocenters. The monoisotopic (exact) mass is 609 g/mol. The van der Waals surface area contributed by atoms with Crippen LogP contribution in [-0.4, -0.2) is 97.9 Å². The number of carbonyl (C=O) groups excluding carboxylic acids is 4. The number of fused-ring (bicyclic) bond motifs is 1. The van der Waals surface area contributed by atoms with E-state index in [0.29, 0.717) is 22.8 Å². The number of β-lactam (4-membered cyclic amide) rings is 1. The van der Waals surface area contributed by atoms with Crippen LogP contribution in [0.2, 0.25) is 0 Å². The van der Waals surface area contributed by atoms with E-state index in [1.165, 1.54) is 5.38 Å². The molecule has 0 radical (unpaired) electrons. The van der Waals surface area contributed by atoms with E-state index in [4.69, 9.17) is 9.57 Å². The lowest BCUT2D eigenvalue weighted by molar-refractivity contribution is -0.167. The molecule has 0 unspecified atom stereocenters. The van der Waals surface area contributed by atoms with Crippen LogP contribution in [0.4, 0.5) is 18.3 Å². The van der Waals surface area contributed by atoms with E-state index in [1.54, 1.807) is 17.1 Å². The lowest BCUT2D eigenvalue weighted by Gasteiger charge is -2.49. The number of thioether (sulfide) groups is 2. The minimum absolute atomic E-state index is 0.105. The number of esters is 1. The van der Waals surface area contributed by atoms with Crippen LogP contribution in [0.5, 0.6) is 0 Å². The molecule has 0 aromatic carbocycles. The largest absolute Gasteiger partial charge is 0.477 e. The average molecular weight is 610 g/mol. The van der Waals surface area contributed by atoms with Crippen LogP contribution >= 0.6 is 34.9 Å². The van der Waals surface area contributed by atoms with Gasteiger partial charge in [-0.3, -0.25) is 29.4 Å². The summed E-state index contributed by atoms with van der Waals surface area (Å²) in [5, 5.41) is 17.4. The summed E-state index contributed by atoms with van der Waals surface area (Å²) in [5.74, 6) is -4.69. The molecule has 1 aromatic rings. The molecule has 3 aliphatic rings. The van der Waals surface area contributed by atoms with Gasteiger partial charge in [0.15, 0.2) is 10.8 Å². The Balaban J connectivity index is 1.51. The van der Waals surface area contributed by atoms with Crippen molar-refractivity contribution in [2.24, 2.45) is 5.16 Å². The number of amides is 3. The van der Waals surface area contributed by atoms with E-state index in [9.17, 15) is 42.3 Å². The summed E-state index contributed by atoms with van der Waals surface area (Å²) >= 11 is 3.31. The summed E-state index contributed by atoms with van der Waals surface area (Å²) in [4.78, 5) is 70.3. The van der Waals surface area contributed by atoms with Gasteiger partial charge in [-0.2, -0.15) is 24.9 Å². The van der Waals surface area contributed by atoms with Gasteiger partial charge in [-0.05, 0) is 0 Å². The third-order valence-corrected chi connectivity index (χ3v) is 8.64. The predicted octanol–water partition coefficient (Wildman–Crippen LogP) is 0.782. The Kier molecular flexibility index (Phi) is 8.40. The smallest absolute Gasteiger partial charge is 0.471 e. The fraction of sp³-hybridized carbons (Fsp3) is 0.450. The summed E-state index contributed by atoms with van der Waals surface area (Å²) < 4.78 is 42.6. The van der Waals surface area contributed by atoms with Gasteiger partial charge in [0.2, 0.25) is 0 Å². The van der Waals surface area contributed by atoms with Crippen LogP contribution in [0.25, 0.3) is 0 Å². The standard InChI is InChI=1S/C20H18F3N5O8S3/c1-7(29)35-2-8-3-38-16-12(15(31)28(16)13(8)17(32)33)25-14(30)11(27-36-9-4-37-5-9)10-6-39-19(24-10)26-18(34)20(21,22)23/h6,9,12,16H,2-5H2,1H3,(H,25,30)(H,32,33)(H,24,26,34)/t12-,16-/m1/s1. The van der Waals surface area contributed by atoms with Gasteiger partial charge < -0.3 is 20.0 Å². The maximum Gasteiger partial charge on any atom is 0.471 e. The zero-order valence-electron chi connectivity index (χ0n) is 19.6. The first kappa shape index (κ1) is 28.7. The molecule has 39 heavy (non-hydrogen) atoms. The van der Waals surface area contributed by atoms with Crippen molar-refractivity contribution < 1.29 is 51.8 Å². The minimum Gasteiger partial charge on any atom is -0.477 e. The summed E-state index contributed by atoms with van der Waals surface area (Å²) in [6, 6.07) is -1.17. The van der Waals surface area contributed by atoms with Crippen molar-refractivity contribution in [1.82, 2.24) is 15.2 Å². The van der Waals surface area contributed by atoms with Crippen LogP contribution in [-0.2, 0) is 33.5 Å². The van der Waals surface area contributed by atoms with Crippen molar-refractivity contribution >= 4 is 75.4 Å². The highest BCUT2D eigenvalue weighted by Gasteiger charge is 2.54. The first-order chi connectivity index (χ1) is 18.4. The number of carbonyl (C=O) groups is 5. The molecule has 13 nitrogen and oxygen atoms in total. The second kappa shape index (κ2) is 11.4. The molecule has 0 aliphatic carbocycles. The normalized spacial score (nSPS) is 21.4. The molecule has 1 aromatic heterocycles. The SMILES string of the molecule is CC(=O)OCC1=C(C(=O)O)N2C(=O)[C@@H](NC(=O)C(=NOC3CSC3)c3csc(NC(=O)C(F)(F)F)n3)[C@H]2SC1. The molecule has 3 amide bonds. The first-order valence-corrected chi connectivity index (χ1v) is 13.9. The Morgan fingerprint density at radius 3 is 2.59 bits per heavy atom. The number of nitrogens with one attached hydrogen (secondary N) is 2. The van der Waals surface area contributed by atoms with Gasteiger partial charge in [0.05, 0.1) is 0 Å². The van der Waals surface area contributed by atoms with Crippen LogP contribution in [0.3, 0.4) is 0 Å². The Bertz CT molecular complexity index is 1280. The van der Waals surface area contributed by atoms with Crippen LogP contribution in [0, 0.1) is 0 Å². The maximum absolute atomic E-state index is 13.1. The van der Waals surface area contributed by atoms with Gasteiger partial charge in [-0.15, -0.1) is 23.1 Å². The number of alkyl halides is 3. The number of carboxylic acid groups (broad SMARTS) is 1. The highest BCUT2D eigenvalue weighted by Crippen LogP contribution is 2.40. The zero-order valence-corrected chi connectivity index (χ0v) is 22.1. The Morgan fingerprint density at radius 2 is 2.00 bits per heavy atom. The number of nitrogens with zero attached hydrogens (tertiary/aromatic N) is 3. The molecule has 3 N–H and O–H groups in total. The predicted molar refractivity (Wildman–Crippen MR) is 132 cm³/mol. The number of thiazole rings is 1. The summed E-state index contributed by atoms with van der Waals surface area (Å²) in [6.45, 7) is 0.838. The first-order valence-electron chi connectivity index (χ1n) is 10.9. The molecule has 2 saturated heterocycles. The van der Waals surface area contributed by atoms with Crippen molar-refractivity contribution in [3.05, 3.63) is 22.3 Å². The Morgan fingerprint density at radius 1 is 1.28 bits per heavy atom. The van der Waals surface area contributed by atoms with Crippen molar-refractivity contribution in [2.75, 3.05) is 29.2 Å². The number of rotatable bonds is 9. The molecule has 4 heterocycles. The van der Waals surface area contributed by atoms with E-state index in [1.807, 2.05) is 0 Å². The lowest BCUT2D eigenvalue weighted by Crippen LogP contribution is -2.71. The van der Waals surface area contributed by atoms with E-state index < -0.39 is 58.1 Å². The molecule has 3 aliphatic heterocycles. The van der Waals surface area contributed by atoms with Gasteiger partial charge in [0.1, 0.15) is 35.5 Å². The van der Waals surface area contributed by atoms with Gasteiger partial charge >= 0.3 is 24.0 Å². The summed E-state index contributed by atoms with van der Waals surface area (Å²) in [6.07, 6.45) is -5.46. The van der Waals surface area contributed by atoms with Crippen molar-refractivity contribution in [2.45, 2.75) is 30.6 Å². The molecule has 4 rings (SSSR count). The summed E-state index contributed by atoms with van der Waals surface area (Å²) in [7, 11) is 0. The van der Waals surface area contributed by atoms with Crippen LogP contribution < -0.4 is 10.6 Å². The van der Waals surface area contributed by atoms with E-state index >= 15 is 0 Å². The number of anilines is 1. The van der Waals surface area contributed by atoms with E-state index in [0.717, 1.165) is 23.6 Å². The molecule has 0 spiro atoms. The highest BCUT2D eigenvalue weighted by molar-refractivity contribution is 8.00. The second-order valence-corrected chi connectivity index (χ2v) is 11.1. The summed E-state index contributed by atoms with van der Waals surface area (Å²) in [5.41, 5.74) is -0.800. The Hall–Kier alpha value is -3.32. The van der Waals surface area contributed by atoms with Gasteiger partial charge in [-0.1, -0.05) is 5.16 Å². The quantitative estimate of drug-likeness (QED) is 0.156. The maximum atomic E-state index is 13.1. The molecular formula is C20H18F3N5O8S3. The number of hydrogen-bond acceptors (Lipinski definition) is 12. The average Bonchev–Trinajstić information content (AvgIpc) is 3.28. The minimum atomic E-state index is -5.15. The molecule has 0 saturated carbocycles. The van der Waals surface area contributed by atoms with Gasteiger partial charge in [0, 0.05) is 35.1 Å². The number of ether oxygens (including phenoxy) is 1. The van der Waals surface area contributed by atoms with Crippen LogP contribution in [0.1, 0.15) is 12.6 Å². The lowest BCUT2D eigenvalue weighted by atomic mass is 10.0. The van der Waals surface area contributed by atoms with E-state index in [2.05, 4.69) is 15.5 Å². The molecular weight excluding hydrogens is 591 g/mol. The van der Waals surface area contributed by atoms with Crippen LogP contribution in [0.15, 0.2) is 21.8 Å². The van der Waals surface area contributed by atoms with Crippen molar-refractivity contribution in [3.8, 4) is 0 Å². The Labute approximate surface area is 229 Å². The van der Waals surface area contributed by atoms with Gasteiger partial charge in [-0.25, -0.2) is 9.78 Å². The number of aromatic nitrogens is 1. The number of hydrogen-bond donors (Lipinski definition) is 3. The number of oxime groups is 1. The third kappa shape index (κ3) is 6.30. The molecule has 2 fully saturated rings. The number of aliphatic carboxylic acids is 1. The molecule has 0 bridgehead atoms. The van der Waals surface area contributed by atoms with Crippen molar-refractivity contribution in [1.29, 1.82) is 0 Å². The zero-order chi connectivity index (χ0) is 28.5. The molecule has 19 heteroatoms. The van der Waals surface area contributed by atoms with Crippen molar-refractivity contribution in [3.63, 3.8) is 0 Å². The number of carboxylic acids is 1. The second-order valence-electron chi connectivity index (χ2n) is 8.09. The number of halogens is 3. The van der Waals surface area contributed by atoms with Gasteiger partial charge in [0.25, 0.3) is 11.8 Å². The fourth-order valence-electron chi connectivity index (χ4n) is 3.41. The third-order valence-electron chi connectivity index (χ3n) is 5.33. The topological polar surface area (TPSA) is 177 Å².